The predicted octanol–water partition coefficient (Wildman–Crippen LogP) is 3.68. The number of halogens is 4. The summed E-state index contributed by atoms with van der Waals surface area (Å²) in [7, 11) is 0. The number of aliphatic imine (C=N–C) groups is 1. The number of rotatable bonds is 8. The number of alkyl halides is 3. The zero-order chi connectivity index (χ0) is 19.6. The molecule has 1 atom stereocenters. The maximum absolute atomic E-state index is 12.7. The van der Waals surface area contributed by atoms with Gasteiger partial charge >= 0.3 is 6.18 Å². The molecule has 0 fully saturated rings. The van der Waals surface area contributed by atoms with Gasteiger partial charge in [-0.1, -0.05) is 19.1 Å². The molecule has 0 aliphatic carbocycles. The van der Waals surface area contributed by atoms with Crippen LogP contribution in [0, 0.1) is 0 Å². The fourth-order valence-electron chi connectivity index (χ4n) is 2.10. The number of carbonyl (C=O) groups excluding carboxylic acids is 1. The van der Waals surface area contributed by atoms with Crippen LogP contribution in [0.5, 0.6) is 0 Å². The van der Waals surface area contributed by atoms with Gasteiger partial charge < -0.3 is 16.0 Å². The quantitative estimate of drug-likeness (QED) is 0.290. The van der Waals surface area contributed by atoms with E-state index < -0.39 is 11.7 Å². The van der Waals surface area contributed by atoms with Crippen molar-refractivity contribution in [1.29, 1.82) is 0 Å². The average molecular weight is 500 g/mol. The topological polar surface area (TPSA) is 65.5 Å². The normalized spacial score (nSPS) is 12.7. The molecule has 0 bridgehead atoms. The number of hydrogen-bond donors (Lipinski definition) is 3. The van der Waals surface area contributed by atoms with Crippen molar-refractivity contribution in [2.75, 3.05) is 13.1 Å². The monoisotopic (exact) mass is 500 g/mol. The van der Waals surface area contributed by atoms with Crippen molar-refractivity contribution in [3.05, 3.63) is 35.4 Å². The van der Waals surface area contributed by atoms with Crippen LogP contribution >= 0.6 is 24.0 Å². The number of benzene rings is 1. The summed E-state index contributed by atoms with van der Waals surface area (Å²) in [6.07, 6.45) is -3.22. The van der Waals surface area contributed by atoms with Gasteiger partial charge in [-0.05, 0) is 38.0 Å². The standard InChI is InChI=1S/C18H27F3N4O.HI/c1-4-13(3)25-16(26)9-10-23-17(22-5-2)24-12-14-7-6-8-15(11-14)18(19,20)21;/h6-8,11,13H,4-5,9-10,12H2,1-3H3,(H,25,26)(H2,22,23,24);1H. The lowest BCUT2D eigenvalue weighted by Gasteiger charge is -2.13. The van der Waals surface area contributed by atoms with Crippen molar-refractivity contribution in [2.24, 2.45) is 4.99 Å². The molecule has 5 nitrogen and oxygen atoms in total. The largest absolute Gasteiger partial charge is 0.416 e. The number of nitrogens with one attached hydrogen (secondary N) is 3. The van der Waals surface area contributed by atoms with Gasteiger partial charge in [0, 0.05) is 25.6 Å². The number of nitrogens with zero attached hydrogens (tertiary/aromatic N) is 1. The third-order valence-corrected chi connectivity index (χ3v) is 3.68. The summed E-state index contributed by atoms with van der Waals surface area (Å²) in [6, 6.07) is 5.22. The Kier molecular flexibility index (Phi) is 12.1. The average Bonchev–Trinajstić information content (AvgIpc) is 2.59. The van der Waals surface area contributed by atoms with E-state index in [1.165, 1.54) is 6.07 Å². The van der Waals surface area contributed by atoms with Gasteiger partial charge in [0.1, 0.15) is 0 Å². The van der Waals surface area contributed by atoms with Gasteiger partial charge in [-0.15, -0.1) is 24.0 Å². The fourth-order valence-corrected chi connectivity index (χ4v) is 2.10. The molecule has 3 N–H and O–H groups in total. The van der Waals surface area contributed by atoms with Gasteiger partial charge in [-0.2, -0.15) is 13.2 Å². The van der Waals surface area contributed by atoms with E-state index in [-0.39, 0.29) is 48.9 Å². The van der Waals surface area contributed by atoms with E-state index in [1.807, 2.05) is 20.8 Å². The Labute approximate surface area is 175 Å². The van der Waals surface area contributed by atoms with E-state index in [9.17, 15) is 18.0 Å². The van der Waals surface area contributed by atoms with E-state index in [1.54, 1.807) is 6.07 Å². The molecule has 154 valence electrons. The molecule has 0 aliphatic heterocycles. The Morgan fingerprint density at radius 2 is 1.93 bits per heavy atom. The van der Waals surface area contributed by atoms with Crippen LogP contribution in [0.15, 0.2) is 29.3 Å². The predicted molar refractivity (Wildman–Crippen MR) is 112 cm³/mol. The van der Waals surface area contributed by atoms with Crippen LogP contribution in [0.25, 0.3) is 0 Å². The Morgan fingerprint density at radius 3 is 2.52 bits per heavy atom. The van der Waals surface area contributed by atoms with Crippen molar-refractivity contribution in [2.45, 2.75) is 52.4 Å². The molecule has 1 aromatic rings. The Bertz CT molecular complexity index is 609. The van der Waals surface area contributed by atoms with Crippen LogP contribution in [-0.2, 0) is 17.5 Å². The Morgan fingerprint density at radius 1 is 1.22 bits per heavy atom. The van der Waals surface area contributed by atoms with E-state index in [0.29, 0.717) is 24.6 Å². The zero-order valence-corrected chi connectivity index (χ0v) is 18.2. The molecule has 0 aliphatic rings. The fraction of sp³-hybridized carbons (Fsp3) is 0.556. The second kappa shape index (κ2) is 12.8. The van der Waals surface area contributed by atoms with Gasteiger partial charge in [-0.25, -0.2) is 4.99 Å². The third-order valence-electron chi connectivity index (χ3n) is 3.68. The molecule has 1 unspecified atom stereocenters. The first-order valence-corrected chi connectivity index (χ1v) is 8.73. The minimum Gasteiger partial charge on any atom is -0.357 e. The molecule has 1 amide bonds. The molecule has 0 saturated carbocycles. The van der Waals surface area contributed by atoms with Crippen molar-refractivity contribution in [3.63, 3.8) is 0 Å². The van der Waals surface area contributed by atoms with Crippen LogP contribution in [0.3, 0.4) is 0 Å². The lowest BCUT2D eigenvalue weighted by molar-refractivity contribution is -0.137. The minimum atomic E-state index is -4.37. The second-order valence-electron chi connectivity index (χ2n) is 5.95. The molecule has 1 rings (SSSR count). The molecule has 0 saturated heterocycles. The van der Waals surface area contributed by atoms with Crippen LogP contribution < -0.4 is 16.0 Å². The minimum absolute atomic E-state index is 0. The Hall–Kier alpha value is -1.52. The van der Waals surface area contributed by atoms with Crippen molar-refractivity contribution in [3.8, 4) is 0 Å². The molecule has 1 aromatic carbocycles. The molecule has 0 spiro atoms. The van der Waals surface area contributed by atoms with Crippen molar-refractivity contribution in [1.82, 2.24) is 16.0 Å². The number of carbonyl (C=O) groups is 1. The maximum Gasteiger partial charge on any atom is 0.416 e. The van der Waals surface area contributed by atoms with E-state index >= 15 is 0 Å². The molecular formula is C18H28F3IN4O. The number of guanidine groups is 1. The summed E-state index contributed by atoms with van der Waals surface area (Å²) < 4.78 is 38.2. The van der Waals surface area contributed by atoms with E-state index in [2.05, 4.69) is 20.9 Å². The van der Waals surface area contributed by atoms with Gasteiger partial charge in [0.2, 0.25) is 5.91 Å². The molecular weight excluding hydrogens is 472 g/mol. The number of amides is 1. The highest BCUT2D eigenvalue weighted by Gasteiger charge is 2.30. The summed E-state index contributed by atoms with van der Waals surface area (Å²) >= 11 is 0. The molecule has 9 heteroatoms. The third kappa shape index (κ3) is 10.4. The SMILES string of the molecule is CCNC(=NCc1cccc(C(F)(F)F)c1)NCCC(=O)NC(C)CC.I. The molecule has 0 heterocycles. The Balaban J connectivity index is 0.00000676. The lowest BCUT2D eigenvalue weighted by Crippen LogP contribution is -2.40. The first kappa shape index (κ1) is 25.5. The van der Waals surface area contributed by atoms with Gasteiger partial charge in [-0.3, -0.25) is 4.79 Å². The summed E-state index contributed by atoms with van der Waals surface area (Å²) in [5.41, 5.74) is -0.226. The summed E-state index contributed by atoms with van der Waals surface area (Å²) in [4.78, 5) is 16.0. The van der Waals surface area contributed by atoms with Gasteiger partial charge in [0.15, 0.2) is 5.96 Å². The molecule has 0 radical (unpaired) electrons. The first-order chi connectivity index (χ1) is 12.3. The van der Waals surface area contributed by atoms with Crippen molar-refractivity contribution < 1.29 is 18.0 Å². The van der Waals surface area contributed by atoms with Gasteiger partial charge in [0.25, 0.3) is 0 Å². The van der Waals surface area contributed by atoms with Crippen LogP contribution in [-0.4, -0.2) is 31.0 Å². The smallest absolute Gasteiger partial charge is 0.357 e. The van der Waals surface area contributed by atoms with Crippen LogP contribution in [0.2, 0.25) is 0 Å². The van der Waals surface area contributed by atoms with E-state index in [4.69, 9.17) is 0 Å². The summed E-state index contributed by atoms with van der Waals surface area (Å²) in [6.45, 7) is 6.92. The summed E-state index contributed by atoms with van der Waals surface area (Å²) in [5, 5.41) is 8.89. The first-order valence-electron chi connectivity index (χ1n) is 8.73. The highest BCUT2D eigenvalue weighted by atomic mass is 127. The maximum atomic E-state index is 12.7. The lowest BCUT2D eigenvalue weighted by atomic mass is 10.1. The highest BCUT2D eigenvalue weighted by molar-refractivity contribution is 14.0. The van der Waals surface area contributed by atoms with Gasteiger partial charge in [0.05, 0.1) is 12.1 Å². The van der Waals surface area contributed by atoms with Crippen LogP contribution in [0.1, 0.15) is 44.7 Å². The van der Waals surface area contributed by atoms with Crippen molar-refractivity contribution >= 4 is 35.8 Å². The van der Waals surface area contributed by atoms with E-state index in [0.717, 1.165) is 18.6 Å². The molecule has 27 heavy (non-hydrogen) atoms. The summed E-state index contributed by atoms with van der Waals surface area (Å²) in [5.74, 6) is 0.404. The molecule has 0 aromatic heterocycles. The van der Waals surface area contributed by atoms with Crippen LogP contribution in [0.4, 0.5) is 13.2 Å². The zero-order valence-electron chi connectivity index (χ0n) is 15.8. The highest BCUT2D eigenvalue weighted by Crippen LogP contribution is 2.29. The second-order valence-corrected chi connectivity index (χ2v) is 5.95. The number of hydrogen-bond acceptors (Lipinski definition) is 2.